The number of carbonyl (C=O) groups excluding carboxylic acids is 1. The Morgan fingerprint density at radius 1 is 0.964 bits per heavy atom. The average Bonchev–Trinajstić information content (AvgIpc) is 2.72. The fourth-order valence-corrected chi connectivity index (χ4v) is 4.20. The molecule has 8 nitrogen and oxygen atoms in total. The predicted octanol–water partition coefficient (Wildman–Crippen LogP) is 2.53. The quantitative estimate of drug-likeness (QED) is 0.419. The van der Waals surface area contributed by atoms with Gasteiger partial charge in [-0.05, 0) is 23.8 Å². The molecule has 0 radical (unpaired) electrons. The van der Waals surface area contributed by atoms with Crippen molar-refractivity contribution in [2.24, 2.45) is 0 Å². The predicted molar refractivity (Wildman–Crippen MR) is 107 cm³/mol. The fourth-order valence-electron chi connectivity index (χ4n) is 3.03. The van der Waals surface area contributed by atoms with Crippen LogP contribution in [0.2, 0.25) is 0 Å². The van der Waals surface area contributed by atoms with E-state index in [4.69, 9.17) is 0 Å². The summed E-state index contributed by atoms with van der Waals surface area (Å²) in [7, 11) is -3.58. The lowest BCUT2D eigenvalue weighted by molar-refractivity contribution is -0.384. The molecule has 146 valence electrons. The minimum absolute atomic E-state index is 0.162. The van der Waals surface area contributed by atoms with E-state index < -0.39 is 14.9 Å². The summed E-state index contributed by atoms with van der Waals surface area (Å²) in [4.78, 5) is 23.4. The third kappa shape index (κ3) is 4.44. The number of piperazine rings is 1. The molecule has 1 aliphatic heterocycles. The highest BCUT2D eigenvalue weighted by atomic mass is 32.2. The summed E-state index contributed by atoms with van der Waals surface area (Å²) in [5.74, 6) is 0. The number of aldehydes is 1. The SMILES string of the molecule is O=Cc1ccc(N2CCN(S(=O)(=O)/C=C/c3ccccc3)CC2)c([N+](=O)[O-])c1. The highest BCUT2D eigenvalue weighted by molar-refractivity contribution is 7.92. The second-order valence-electron chi connectivity index (χ2n) is 6.27. The zero-order chi connectivity index (χ0) is 20.1. The first-order chi connectivity index (χ1) is 13.4. The van der Waals surface area contributed by atoms with Gasteiger partial charge in [0.25, 0.3) is 5.69 Å². The fraction of sp³-hybridized carbons (Fsp3) is 0.211. The molecular formula is C19H19N3O5S. The number of carbonyl (C=O) groups is 1. The van der Waals surface area contributed by atoms with Gasteiger partial charge in [0, 0.05) is 43.2 Å². The molecule has 0 N–H and O–H groups in total. The van der Waals surface area contributed by atoms with Gasteiger partial charge in [-0.1, -0.05) is 30.3 Å². The Balaban J connectivity index is 1.71. The summed E-state index contributed by atoms with van der Waals surface area (Å²) in [6.07, 6.45) is 2.10. The summed E-state index contributed by atoms with van der Waals surface area (Å²) in [6, 6.07) is 13.4. The Hall–Kier alpha value is -3.04. The largest absolute Gasteiger partial charge is 0.363 e. The van der Waals surface area contributed by atoms with Gasteiger partial charge >= 0.3 is 0 Å². The molecule has 0 atom stereocenters. The number of sulfonamides is 1. The van der Waals surface area contributed by atoms with Crippen molar-refractivity contribution in [3.63, 3.8) is 0 Å². The lowest BCUT2D eigenvalue weighted by Gasteiger charge is -2.34. The van der Waals surface area contributed by atoms with Crippen molar-refractivity contribution in [1.29, 1.82) is 0 Å². The molecule has 0 amide bonds. The topological polar surface area (TPSA) is 101 Å². The zero-order valence-corrected chi connectivity index (χ0v) is 15.8. The number of benzene rings is 2. The van der Waals surface area contributed by atoms with E-state index in [-0.39, 0.29) is 24.3 Å². The molecule has 2 aromatic rings. The van der Waals surface area contributed by atoms with Crippen LogP contribution in [0.1, 0.15) is 15.9 Å². The molecule has 2 aromatic carbocycles. The van der Waals surface area contributed by atoms with Crippen LogP contribution in [0.5, 0.6) is 0 Å². The Bertz CT molecular complexity index is 997. The second kappa shape index (κ2) is 8.32. The van der Waals surface area contributed by atoms with E-state index in [1.807, 2.05) is 30.3 Å². The molecule has 9 heteroatoms. The Labute approximate surface area is 162 Å². The van der Waals surface area contributed by atoms with Gasteiger partial charge in [0.15, 0.2) is 0 Å². The summed E-state index contributed by atoms with van der Waals surface area (Å²) >= 11 is 0. The number of anilines is 1. The van der Waals surface area contributed by atoms with Crippen LogP contribution in [0.4, 0.5) is 11.4 Å². The van der Waals surface area contributed by atoms with Crippen molar-refractivity contribution < 1.29 is 18.1 Å². The lowest BCUT2D eigenvalue weighted by Crippen LogP contribution is -2.48. The van der Waals surface area contributed by atoms with Gasteiger partial charge in [0.05, 0.1) is 4.92 Å². The molecule has 1 saturated heterocycles. The third-order valence-electron chi connectivity index (χ3n) is 4.50. The van der Waals surface area contributed by atoms with Crippen LogP contribution in [0.25, 0.3) is 6.08 Å². The van der Waals surface area contributed by atoms with E-state index >= 15 is 0 Å². The first-order valence-corrected chi connectivity index (χ1v) is 10.1. The normalized spacial score (nSPS) is 15.6. The minimum Gasteiger partial charge on any atom is -0.363 e. The van der Waals surface area contributed by atoms with Crippen molar-refractivity contribution in [1.82, 2.24) is 4.31 Å². The molecule has 28 heavy (non-hydrogen) atoms. The van der Waals surface area contributed by atoms with Crippen LogP contribution >= 0.6 is 0 Å². The first-order valence-electron chi connectivity index (χ1n) is 8.62. The van der Waals surface area contributed by atoms with E-state index in [2.05, 4.69) is 0 Å². The van der Waals surface area contributed by atoms with Crippen LogP contribution in [0.15, 0.2) is 53.9 Å². The van der Waals surface area contributed by atoms with E-state index in [0.29, 0.717) is 25.1 Å². The summed E-state index contributed by atoms with van der Waals surface area (Å²) in [5.41, 5.74) is 1.23. The van der Waals surface area contributed by atoms with E-state index in [9.17, 15) is 23.3 Å². The summed E-state index contributed by atoms with van der Waals surface area (Å²) in [6.45, 7) is 1.07. The van der Waals surface area contributed by atoms with Crippen molar-refractivity contribution in [2.45, 2.75) is 0 Å². The molecule has 1 aliphatic rings. The smallest absolute Gasteiger partial charge is 0.293 e. The van der Waals surface area contributed by atoms with Gasteiger partial charge in [-0.25, -0.2) is 8.42 Å². The maximum absolute atomic E-state index is 12.5. The van der Waals surface area contributed by atoms with E-state index in [1.54, 1.807) is 11.0 Å². The van der Waals surface area contributed by atoms with Crippen LogP contribution in [0.3, 0.4) is 0 Å². The summed E-state index contributed by atoms with van der Waals surface area (Å²) < 4.78 is 26.4. The van der Waals surface area contributed by atoms with Gasteiger partial charge in [-0.2, -0.15) is 4.31 Å². The molecular weight excluding hydrogens is 382 g/mol. The number of rotatable bonds is 6. The van der Waals surface area contributed by atoms with Crippen molar-refractivity contribution in [3.8, 4) is 0 Å². The van der Waals surface area contributed by atoms with Gasteiger partial charge in [-0.3, -0.25) is 14.9 Å². The first kappa shape index (κ1) is 19.7. The number of nitro benzene ring substituents is 1. The number of hydrogen-bond donors (Lipinski definition) is 0. The third-order valence-corrected chi connectivity index (χ3v) is 6.07. The molecule has 0 spiro atoms. The van der Waals surface area contributed by atoms with Crippen LogP contribution < -0.4 is 4.90 Å². The molecule has 0 saturated carbocycles. The molecule has 0 bridgehead atoms. The molecule has 1 heterocycles. The summed E-state index contributed by atoms with van der Waals surface area (Å²) in [5, 5.41) is 12.5. The monoisotopic (exact) mass is 401 g/mol. The highest BCUT2D eigenvalue weighted by Crippen LogP contribution is 2.30. The second-order valence-corrected chi connectivity index (χ2v) is 8.09. The number of nitrogens with zero attached hydrogens (tertiary/aromatic N) is 3. The average molecular weight is 401 g/mol. The Kier molecular flexibility index (Phi) is 5.86. The highest BCUT2D eigenvalue weighted by Gasteiger charge is 2.28. The van der Waals surface area contributed by atoms with Crippen molar-refractivity contribution in [2.75, 3.05) is 31.1 Å². The van der Waals surface area contributed by atoms with Crippen molar-refractivity contribution >= 4 is 33.8 Å². The van der Waals surface area contributed by atoms with E-state index in [0.717, 1.165) is 5.56 Å². The van der Waals surface area contributed by atoms with Crippen LogP contribution in [-0.2, 0) is 10.0 Å². The molecule has 3 rings (SSSR count). The maximum Gasteiger partial charge on any atom is 0.293 e. The van der Waals surface area contributed by atoms with E-state index in [1.165, 1.54) is 27.9 Å². The van der Waals surface area contributed by atoms with Gasteiger partial charge in [0.2, 0.25) is 10.0 Å². The number of hydrogen-bond acceptors (Lipinski definition) is 6. The van der Waals surface area contributed by atoms with Gasteiger partial charge in [-0.15, -0.1) is 0 Å². The number of nitro groups is 1. The molecule has 0 unspecified atom stereocenters. The lowest BCUT2D eigenvalue weighted by atomic mass is 10.1. The van der Waals surface area contributed by atoms with Gasteiger partial charge in [0.1, 0.15) is 12.0 Å². The zero-order valence-electron chi connectivity index (χ0n) is 15.0. The Morgan fingerprint density at radius 2 is 1.64 bits per heavy atom. The standard InChI is InChI=1S/C19H19N3O5S/c23-15-17-6-7-18(19(14-17)22(24)25)20-9-11-21(12-10-20)28(26,27)13-8-16-4-2-1-3-5-16/h1-8,13-15H,9-12H2/b13-8+. The van der Waals surface area contributed by atoms with Crippen LogP contribution in [-0.4, -0.2) is 50.1 Å². The molecule has 1 fully saturated rings. The minimum atomic E-state index is -3.58. The maximum atomic E-state index is 12.5. The molecule has 0 aliphatic carbocycles. The Morgan fingerprint density at radius 3 is 2.25 bits per heavy atom. The van der Waals surface area contributed by atoms with Gasteiger partial charge < -0.3 is 4.90 Å². The van der Waals surface area contributed by atoms with Crippen molar-refractivity contribution in [3.05, 3.63) is 75.2 Å². The van der Waals surface area contributed by atoms with Crippen LogP contribution in [0, 0.1) is 10.1 Å². The molecule has 0 aromatic heterocycles.